The Morgan fingerprint density at radius 2 is 2.60 bits per heavy atom. The number of rotatable bonds is 3. The molecule has 0 radical (unpaired) electrons. The van der Waals surface area contributed by atoms with Crippen molar-refractivity contribution in [1.82, 2.24) is 0 Å². The first kappa shape index (κ1) is 8.21. The lowest BCUT2D eigenvalue weighted by Crippen LogP contribution is -2.08. The van der Waals surface area contributed by atoms with Gasteiger partial charge in [-0.1, -0.05) is 15.9 Å². The first-order valence-electron chi connectivity index (χ1n) is 3.50. The van der Waals surface area contributed by atoms with E-state index < -0.39 is 0 Å². The van der Waals surface area contributed by atoms with E-state index in [0.717, 1.165) is 32.3 Å². The van der Waals surface area contributed by atoms with Crippen molar-refractivity contribution in [3.05, 3.63) is 0 Å². The summed E-state index contributed by atoms with van der Waals surface area (Å²) in [5, 5.41) is 0. The van der Waals surface area contributed by atoms with Gasteiger partial charge in [0.1, 0.15) is 6.29 Å². The van der Waals surface area contributed by atoms with Crippen LogP contribution in [0.15, 0.2) is 0 Å². The Balaban J connectivity index is 2.17. The van der Waals surface area contributed by atoms with Crippen molar-refractivity contribution >= 4 is 22.2 Å². The molecule has 1 rings (SSSR count). The van der Waals surface area contributed by atoms with Gasteiger partial charge < -0.3 is 9.53 Å². The van der Waals surface area contributed by atoms with E-state index in [-0.39, 0.29) is 4.83 Å². The van der Waals surface area contributed by atoms with Gasteiger partial charge in [-0.15, -0.1) is 0 Å². The van der Waals surface area contributed by atoms with Crippen LogP contribution < -0.4 is 0 Å². The molecule has 0 aliphatic carbocycles. The Morgan fingerprint density at radius 1 is 1.80 bits per heavy atom. The normalized spacial score (nSPS) is 28.3. The molecule has 0 spiro atoms. The number of hydrogen-bond donors (Lipinski definition) is 0. The van der Waals surface area contributed by atoms with Gasteiger partial charge in [-0.3, -0.25) is 0 Å². The second-order valence-corrected chi connectivity index (χ2v) is 3.79. The molecule has 3 heteroatoms. The van der Waals surface area contributed by atoms with Crippen molar-refractivity contribution in [2.45, 2.75) is 17.7 Å². The molecule has 2 nitrogen and oxygen atoms in total. The summed E-state index contributed by atoms with van der Waals surface area (Å²) in [5.74, 6) is 0.592. The average Bonchev–Trinajstić information content (AvgIpc) is 2.40. The molecule has 0 amide bonds. The molecule has 1 heterocycles. The average molecular weight is 207 g/mol. The van der Waals surface area contributed by atoms with Gasteiger partial charge in [0.25, 0.3) is 0 Å². The second-order valence-electron chi connectivity index (χ2n) is 2.62. The summed E-state index contributed by atoms with van der Waals surface area (Å²) in [6.45, 7) is 1.69. The Labute approximate surface area is 69.1 Å². The van der Waals surface area contributed by atoms with Crippen LogP contribution in [-0.2, 0) is 9.53 Å². The standard InChI is InChI=1S/C7H11BrO2/c8-7(4-9)3-6-1-2-10-5-6/h4,6-7H,1-3,5H2. The summed E-state index contributed by atoms with van der Waals surface area (Å²) in [6.07, 6.45) is 2.97. The zero-order valence-corrected chi connectivity index (χ0v) is 7.34. The number of hydrogen-bond acceptors (Lipinski definition) is 2. The van der Waals surface area contributed by atoms with Gasteiger partial charge in [0, 0.05) is 13.2 Å². The zero-order chi connectivity index (χ0) is 7.40. The molecule has 1 fully saturated rings. The summed E-state index contributed by atoms with van der Waals surface area (Å²) < 4.78 is 5.17. The fourth-order valence-corrected chi connectivity index (χ4v) is 1.67. The molecule has 0 N–H and O–H groups in total. The van der Waals surface area contributed by atoms with Crippen molar-refractivity contribution in [3.63, 3.8) is 0 Å². The van der Waals surface area contributed by atoms with Crippen LogP contribution in [-0.4, -0.2) is 24.3 Å². The van der Waals surface area contributed by atoms with E-state index in [4.69, 9.17) is 4.74 Å². The molecule has 1 aliphatic rings. The molecule has 0 aromatic rings. The molecule has 0 bridgehead atoms. The third kappa shape index (κ3) is 2.39. The van der Waals surface area contributed by atoms with E-state index in [9.17, 15) is 4.79 Å². The van der Waals surface area contributed by atoms with Gasteiger partial charge in [-0.05, 0) is 18.8 Å². The predicted molar refractivity (Wildman–Crippen MR) is 42.3 cm³/mol. The molecule has 0 saturated carbocycles. The summed E-state index contributed by atoms with van der Waals surface area (Å²) in [4.78, 5) is 10.2. The summed E-state index contributed by atoms with van der Waals surface area (Å²) >= 11 is 3.26. The van der Waals surface area contributed by atoms with E-state index in [0.29, 0.717) is 5.92 Å². The Bertz CT molecular complexity index is 110. The van der Waals surface area contributed by atoms with Crippen molar-refractivity contribution in [2.75, 3.05) is 13.2 Å². The van der Waals surface area contributed by atoms with Crippen molar-refractivity contribution in [3.8, 4) is 0 Å². The van der Waals surface area contributed by atoms with Crippen LogP contribution >= 0.6 is 15.9 Å². The van der Waals surface area contributed by atoms with E-state index in [1.54, 1.807) is 0 Å². The van der Waals surface area contributed by atoms with Gasteiger partial charge in [0.15, 0.2) is 0 Å². The maximum absolute atomic E-state index is 10.2. The number of carbonyl (C=O) groups is 1. The van der Waals surface area contributed by atoms with E-state index >= 15 is 0 Å². The molecule has 2 unspecified atom stereocenters. The highest BCUT2D eigenvalue weighted by atomic mass is 79.9. The first-order valence-corrected chi connectivity index (χ1v) is 4.41. The topological polar surface area (TPSA) is 26.3 Å². The minimum absolute atomic E-state index is 0.0270. The first-order chi connectivity index (χ1) is 4.83. The van der Waals surface area contributed by atoms with Crippen molar-refractivity contribution < 1.29 is 9.53 Å². The molecular formula is C7H11BrO2. The lowest BCUT2D eigenvalue weighted by Gasteiger charge is -2.06. The lowest BCUT2D eigenvalue weighted by molar-refractivity contribution is -0.107. The van der Waals surface area contributed by atoms with Crippen molar-refractivity contribution in [2.24, 2.45) is 5.92 Å². The van der Waals surface area contributed by atoms with Gasteiger partial charge >= 0.3 is 0 Å². The zero-order valence-electron chi connectivity index (χ0n) is 5.75. The molecule has 2 atom stereocenters. The minimum atomic E-state index is 0.0270. The Morgan fingerprint density at radius 3 is 3.10 bits per heavy atom. The Hall–Kier alpha value is 0.110. The second kappa shape index (κ2) is 4.09. The van der Waals surface area contributed by atoms with Crippen LogP contribution in [0.25, 0.3) is 0 Å². The molecule has 10 heavy (non-hydrogen) atoms. The quantitative estimate of drug-likeness (QED) is 0.516. The van der Waals surface area contributed by atoms with Gasteiger partial charge in [-0.2, -0.15) is 0 Å². The van der Waals surface area contributed by atoms with Crippen LogP contribution in [0, 0.1) is 5.92 Å². The van der Waals surface area contributed by atoms with Gasteiger partial charge in [0.05, 0.1) is 4.83 Å². The smallest absolute Gasteiger partial charge is 0.133 e. The minimum Gasteiger partial charge on any atom is -0.381 e. The highest BCUT2D eigenvalue weighted by Gasteiger charge is 2.18. The summed E-state index contributed by atoms with van der Waals surface area (Å²) in [6, 6.07) is 0. The molecule has 1 aliphatic heterocycles. The number of alkyl halides is 1. The maximum atomic E-state index is 10.2. The predicted octanol–water partition coefficient (Wildman–Crippen LogP) is 1.38. The van der Waals surface area contributed by atoms with Gasteiger partial charge in [0.2, 0.25) is 0 Å². The number of carbonyl (C=O) groups excluding carboxylic acids is 1. The number of ether oxygens (including phenoxy) is 1. The summed E-state index contributed by atoms with van der Waals surface area (Å²) in [7, 11) is 0. The van der Waals surface area contributed by atoms with Crippen molar-refractivity contribution in [1.29, 1.82) is 0 Å². The maximum Gasteiger partial charge on any atom is 0.133 e. The fourth-order valence-electron chi connectivity index (χ4n) is 1.14. The third-order valence-electron chi connectivity index (χ3n) is 1.73. The monoisotopic (exact) mass is 206 g/mol. The molecule has 0 aromatic heterocycles. The van der Waals surface area contributed by atoms with Gasteiger partial charge in [-0.25, -0.2) is 0 Å². The Kier molecular flexibility index (Phi) is 3.35. The third-order valence-corrected chi connectivity index (χ3v) is 2.32. The summed E-state index contributed by atoms with van der Waals surface area (Å²) in [5.41, 5.74) is 0. The molecule has 0 aromatic carbocycles. The molecule has 1 saturated heterocycles. The van der Waals surface area contributed by atoms with Crippen LogP contribution in [0.5, 0.6) is 0 Å². The highest BCUT2D eigenvalue weighted by Crippen LogP contribution is 2.20. The number of halogens is 1. The number of aldehydes is 1. The van der Waals surface area contributed by atoms with E-state index in [1.807, 2.05) is 0 Å². The SMILES string of the molecule is O=CC(Br)CC1CCOC1. The largest absolute Gasteiger partial charge is 0.381 e. The fraction of sp³-hybridized carbons (Fsp3) is 0.857. The highest BCUT2D eigenvalue weighted by molar-refractivity contribution is 9.09. The van der Waals surface area contributed by atoms with E-state index in [2.05, 4.69) is 15.9 Å². The van der Waals surface area contributed by atoms with E-state index in [1.165, 1.54) is 0 Å². The molecule has 58 valence electrons. The van der Waals surface area contributed by atoms with Crippen LogP contribution in [0.4, 0.5) is 0 Å². The lowest BCUT2D eigenvalue weighted by atomic mass is 10.0. The molecular weight excluding hydrogens is 196 g/mol. The van der Waals surface area contributed by atoms with Crippen LogP contribution in [0.2, 0.25) is 0 Å². The van der Waals surface area contributed by atoms with Crippen LogP contribution in [0.1, 0.15) is 12.8 Å². The van der Waals surface area contributed by atoms with Crippen LogP contribution in [0.3, 0.4) is 0 Å².